The van der Waals surface area contributed by atoms with Crippen LogP contribution in [0, 0.1) is 6.92 Å². The van der Waals surface area contributed by atoms with E-state index in [1.165, 1.54) is 0 Å². The second-order valence-electron chi connectivity index (χ2n) is 7.99. The van der Waals surface area contributed by atoms with Crippen molar-refractivity contribution < 1.29 is 22.6 Å². The zero-order chi connectivity index (χ0) is 19.7. The van der Waals surface area contributed by atoms with E-state index >= 15 is 0 Å². The summed E-state index contributed by atoms with van der Waals surface area (Å²) < 4.78 is 37.7. The van der Waals surface area contributed by atoms with E-state index in [1.807, 2.05) is 4.90 Å². The molecule has 2 aromatic heterocycles. The highest BCUT2D eigenvalue weighted by Crippen LogP contribution is 2.38. The van der Waals surface area contributed by atoms with Gasteiger partial charge in [0.2, 0.25) is 5.92 Å². The van der Waals surface area contributed by atoms with Gasteiger partial charge < -0.3 is 13.9 Å². The van der Waals surface area contributed by atoms with E-state index in [1.54, 1.807) is 19.1 Å². The van der Waals surface area contributed by atoms with Crippen molar-refractivity contribution in [3.63, 3.8) is 0 Å². The molecule has 28 heavy (non-hydrogen) atoms. The Labute approximate surface area is 162 Å². The molecule has 2 aliphatic rings. The summed E-state index contributed by atoms with van der Waals surface area (Å²) in [4.78, 5) is 15.2. The predicted octanol–water partition coefficient (Wildman–Crippen LogP) is 4.99. The van der Waals surface area contributed by atoms with Crippen LogP contribution in [0.2, 0.25) is 0 Å². The first-order valence-corrected chi connectivity index (χ1v) is 10.0. The highest BCUT2D eigenvalue weighted by Gasteiger charge is 2.41. The lowest BCUT2D eigenvalue weighted by Crippen LogP contribution is -2.50. The van der Waals surface area contributed by atoms with Gasteiger partial charge in [0.1, 0.15) is 5.76 Å². The van der Waals surface area contributed by atoms with Crippen molar-refractivity contribution in [1.29, 1.82) is 0 Å². The summed E-state index contributed by atoms with van der Waals surface area (Å²) in [6.07, 6.45) is 5.38. The minimum absolute atomic E-state index is 0.0763. The normalized spacial score (nSPS) is 21.0. The quantitative estimate of drug-likeness (QED) is 0.732. The number of alkyl halides is 2. The number of hydrogen-bond donors (Lipinski definition) is 0. The lowest BCUT2D eigenvalue weighted by Gasteiger charge is -2.42. The molecule has 0 aliphatic heterocycles. The van der Waals surface area contributed by atoms with Crippen LogP contribution in [0.3, 0.4) is 0 Å². The van der Waals surface area contributed by atoms with Gasteiger partial charge in [-0.05, 0) is 32.6 Å². The van der Waals surface area contributed by atoms with Gasteiger partial charge >= 0.3 is 0 Å². The largest absolute Gasteiger partial charge is 0.361 e. The second kappa shape index (κ2) is 7.64. The molecule has 0 aromatic carbocycles. The van der Waals surface area contributed by atoms with Gasteiger partial charge in [0.05, 0.1) is 0 Å². The van der Waals surface area contributed by atoms with Crippen LogP contribution < -0.4 is 0 Å². The van der Waals surface area contributed by atoms with Crippen LogP contribution in [0.4, 0.5) is 8.78 Å². The van der Waals surface area contributed by atoms with Crippen LogP contribution in [-0.4, -0.2) is 39.1 Å². The lowest BCUT2D eigenvalue weighted by atomic mass is 9.87. The molecule has 2 heterocycles. The van der Waals surface area contributed by atoms with Gasteiger partial charge in [-0.2, -0.15) is 0 Å². The Hall–Kier alpha value is -2.25. The van der Waals surface area contributed by atoms with Crippen LogP contribution in [0.25, 0.3) is 11.5 Å². The first kappa shape index (κ1) is 19.1. The van der Waals surface area contributed by atoms with E-state index in [0.717, 1.165) is 32.1 Å². The average Bonchev–Trinajstić information content (AvgIpc) is 3.33. The Morgan fingerprint density at radius 1 is 1.04 bits per heavy atom. The molecule has 2 aromatic rings. The van der Waals surface area contributed by atoms with Crippen molar-refractivity contribution in [2.24, 2.45) is 0 Å². The molecule has 152 valence electrons. The zero-order valence-electron chi connectivity index (χ0n) is 16.0. The van der Waals surface area contributed by atoms with Gasteiger partial charge in [-0.25, -0.2) is 8.78 Å². The van der Waals surface area contributed by atoms with Crippen molar-refractivity contribution >= 4 is 5.91 Å². The third kappa shape index (κ3) is 3.95. The number of halogens is 2. The summed E-state index contributed by atoms with van der Waals surface area (Å²) in [6.45, 7) is 1.77. The molecule has 0 spiro atoms. The summed E-state index contributed by atoms with van der Waals surface area (Å²) in [5.41, 5.74) is 0.670. The molecule has 0 radical (unpaired) electrons. The van der Waals surface area contributed by atoms with E-state index in [0.29, 0.717) is 30.1 Å². The highest BCUT2D eigenvalue weighted by molar-refractivity contribution is 5.93. The topological polar surface area (TPSA) is 72.4 Å². The number of rotatable bonds is 4. The van der Waals surface area contributed by atoms with Crippen molar-refractivity contribution in [2.75, 3.05) is 0 Å². The maximum atomic E-state index is 13.7. The van der Waals surface area contributed by atoms with E-state index in [2.05, 4.69) is 10.3 Å². The predicted molar refractivity (Wildman–Crippen MR) is 97.0 cm³/mol. The van der Waals surface area contributed by atoms with Crippen molar-refractivity contribution in [3.05, 3.63) is 23.6 Å². The number of aromatic nitrogens is 2. The number of hydrogen-bond acceptors (Lipinski definition) is 5. The molecular weight excluding hydrogens is 368 g/mol. The molecule has 8 heteroatoms. The number of amides is 1. The van der Waals surface area contributed by atoms with Gasteiger partial charge in [-0.1, -0.05) is 29.6 Å². The van der Waals surface area contributed by atoms with Crippen molar-refractivity contribution in [1.82, 2.24) is 15.2 Å². The van der Waals surface area contributed by atoms with Gasteiger partial charge in [0, 0.05) is 37.1 Å². The molecule has 4 rings (SSSR count). The Balaban J connectivity index is 1.57. The van der Waals surface area contributed by atoms with Crippen LogP contribution >= 0.6 is 0 Å². The molecule has 0 saturated heterocycles. The van der Waals surface area contributed by atoms with Crippen molar-refractivity contribution in [2.45, 2.75) is 82.7 Å². The molecule has 6 nitrogen and oxygen atoms in total. The van der Waals surface area contributed by atoms with E-state index in [4.69, 9.17) is 9.05 Å². The molecule has 2 saturated carbocycles. The summed E-state index contributed by atoms with van der Waals surface area (Å²) in [6, 6.07) is 3.17. The molecule has 0 bridgehead atoms. The van der Waals surface area contributed by atoms with Gasteiger partial charge in [-0.15, -0.1) is 0 Å². The van der Waals surface area contributed by atoms with Gasteiger partial charge in [0.25, 0.3) is 5.91 Å². The Bertz CT molecular complexity index is 816. The minimum Gasteiger partial charge on any atom is -0.361 e. The third-order valence-corrected chi connectivity index (χ3v) is 5.89. The molecule has 2 fully saturated rings. The fraction of sp³-hybridized carbons (Fsp3) is 0.650. The van der Waals surface area contributed by atoms with Crippen molar-refractivity contribution in [3.8, 4) is 11.5 Å². The van der Waals surface area contributed by atoms with Crippen LogP contribution in [0.1, 0.15) is 74.0 Å². The smallest absolute Gasteiger partial charge is 0.276 e. The minimum atomic E-state index is -2.62. The Morgan fingerprint density at radius 2 is 1.71 bits per heavy atom. The van der Waals surface area contributed by atoms with E-state index in [9.17, 15) is 13.6 Å². The van der Waals surface area contributed by atoms with Gasteiger partial charge in [0.15, 0.2) is 17.1 Å². The standard InChI is InChI=1S/C20H25F2N3O3/c1-13-11-16(23-27-13)18-12-17(24-28-18)19(26)25(14-5-3-2-4-6-14)15-7-9-20(21,22)10-8-15/h11-12,14-15H,2-10H2,1H3. The third-order valence-electron chi connectivity index (χ3n) is 5.89. The highest BCUT2D eigenvalue weighted by atomic mass is 19.3. The SMILES string of the molecule is Cc1cc(-c2cc(C(=O)N(C3CCCCC3)C3CCC(F)(F)CC3)no2)no1. The maximum Gasteiger partial charge on any atom is 0.276 e. The number of carbonyl (C=O) groups is 1. The lowest BCUT2D eigenvalue weighted by molar-refractivity contribution is -0.0561. The molecule has 0 N–H and O–H groups in total. The van der Waals surface area contributed by atoms with Crippen LogP contribution in [-0.2, 0) is 0 Å². The fourth-order valence-electron chi connectivity index (χ4n) is 4.40. The number of aryl methyl sites for hydroxylation is 1. The van der Waals surface area contributed by atoms with E-state index < -0.39 is 5.92 Å². The zero-order valence-corrected chi connectivity index (χ0v) is 16.0. The van der Waals surface area contributed by atoms with Gasteiger partial charge in [-0.3, -0.25) is 4.79 Å². The fourth-order valence-corrected chi connectivity index (χ4v) is 4.40. The molecule has 0 atom stereocenters. The summed E-state index contributed by atoms with van der Waals surface area (Å²) in [7, 11) is 0. The van der Waals surface area contributed by atoms with Crippen LogP contribution in [0.5, 0.6) is 0 Å². The van der Waals surface area contributed by atoms with E-state index in [-0.39, 0.29) is 36.5 Å². The molecular formula is C20H25F2N3O3. The summed E-state index contributed by atoms with van der Waals surface area (Å²) in [5, 5.41) is 7.83. The summed E-state index contributed by atoms with van der Waals surface area (Å²) >= 11 is 0. The number of nitrogens with zero attached hydrogens (tertiary/aromatic N) is 3. The molecule has 1 amide bonds. The number of carbonyl (C=O) groups excluding carboxylic acids is 1. The average molecular weight is 393 g/mol. The van der Waals surface area contributed by atoms with Crippen LogP contribution in [0.15, 0.2) is 21.2 Å². The second-order valence-corrected chi connectivity index (χ2v) is 7.99. The molecule has 0 unspecified atom stereocenters. The Morgan fingerprint density at radius 3 is 2.36 bits per heavy atom. The Kier molecular flexibility index (Phi) is 5.21. The maximum absolute atomic E-state index is 13.7. The summed E-state index contributed by atoms with van der Waals surface area (Å²) in [5.74, 6) is -1.87. The molecule has 2 aliphatic carbocycles. The monoisotopic (exact) mass is 393 g/mol. The first-order chi connectivity index (χ1) is 13.4. The first-order valence-electron chi connectivity index (χ1n) is 10.0.